The number of anilines is 1. The van der Waals surface area contributed by atoms with E-state index in [1.807, 2.05) is 0 Å². The summed E-state index contributed by atoms with van der Waals surface area (Å²) in [6.45, 7) is 1.32. The SMILES string of the molecule is COC(=O)C1=C(C(=O)OC)N(c2cc(ON=C(C)c3cccnc3)cc([N+](=O)[O-])c2)COC1. The molecule has 0 saturated carbocycles. The normalized spacial score (nSPS) is 14.0. The van der Waals surface area contributed by atoms with Crippen molar-refractivity contribution in [3.05, 3.63) is 69.7 Å². The van der Waals surface area contributed by atoms with E-state index in [0.717, 1.165) is 14.2 Å². The van der Waals surface area contributed by atoms with Crippen molar-refractivity contribution < 1.29 is 33.6 Å². The number of hydrogen-bond acceptors (Lipinski definition) is 11. The number of pyridine rings is 1. The van der Waals surface area contributed by atoms with E-state index in [1.165, 1.54) is 23.1 Å². The number of carbonyl (C=O) groups excluding carboxylic acids is 2. The Labute approximate surface area is 188 Å². The lowest BCUT2D eigenvalue weighted by Crippen LogP contribution is -2.38. The number of non-ortho nitro benzene ring substituents is 1. The summed E-state index contributed by atoms with van der Waals surface area (Å²) in [6, 6.07) is 7.31. The van der Waals surface area contributed by atoms with Gasteiger partial charge in [-0.3, -0.25) is 15.1 Å². The molecule has 0 aliphatic carbocycles. The Morgan fingerprint density at radius 2 is 1.97 bits per heavy atom. The molecule has 172 valence electrons. The lowest BCUT2D eigenvalue weighted by atomic mass is 10.1. The maximum Gasteiger partial charge on any atom is 0.355 e. The Kier molecular flexibility index (Phi) is 7.31. The van der Waals surface area contributed by atoms with Gasteiger partial charge in [-0.1, -0.05) is 5.16 Å². The second-order valence-corrected chi connectivity index (χ2v) is 6.67. The predicted octanol–water partition coefficient (Wildman–Crippen LogP) is 2.19. The van der Waals surface area contributed by atoms with Gasteiger partial charge in [-0.25, -0.2) is 9.59 Å². The molecule has 1 aliphatic heterocycles. The summed E-state index contributed by atoms with van der Waals surface area (Å²) >= 11 is 0. The Bertz CT molecular complexity index is 1130. The maximum atomic E-state index is 12.5. The topological polar surface area (TPSA) is 143 Å². The van der Waals surface area contributed by atoms with Gasteiger partial charge in [-0.05, 0) is 19.1 Å². The van der Waals surface area contributed by atoms with Crippen LogP contribution < -0.4 is 9.74 Å². The molecule has 0 saturated heterocycles. The number of aromatic nitrogens is 1. The van der Waals surface area contributed by atoms with Crippen LogP contribution in [0.15, 0.2) is 59.2 Å². The number of esters is 2. The highest BCUT2D eigenvalue weighted by Gasteiger charge is 2.33. The Morgan fingerprint density at radius 1 is 1.21 bits per heavy atom. The molecule has 0 fully saturated rings. The summed E-state index contributed by atoms with van der Waals surface area (Å²) in [7, 11) is 2.31. The smallest absolute Gasteiger partial charge is 0.355 e. The van der Waals surface area contributed by atoms with Crippen molar-refractivity contribution in [2.45, 2.75) is 6.92 Å². The third-order valence-electron chi connectivity index (χ3n) is 4.60. The van der Waals surface area contributed by atoms with E-state index in [4.69, 9.17) is 19.0 Å². The second kappa shape index (κ2) is 10.3. The van der Waals surface area contributed by atoms with Gasteiger partial charge in [-0.2, -0.15) is 0 Å². The van der Waals surface area contributed by atoms with Crippen LogP contribution in [0.1, 0.15) is 12.5 Å². The molecular weight excluding hydrogens is 436 g/mol. The molecule has 33 heavy (non-hydrogen) atoms. The van der Waals surface area contributed by atoms with Crippen molar-refractivity contribution >= 4 is 29.0 Å². The van der Waals surface area contributed by atoms with E-state index < -0.39 is 16.9 Å². The van der Waals surface area contributed by atoms with Gasteiger partial charge in [0.1, 0.15) is 12.4 Å². The first-order valence-corrected chi connectivity index (χ1v) is 9.52. The van der Waals surface area contributed by atoms with Gasteiger partial charge in [-0.15, -0.1) is 0 Å². The van der Waals surface area contributed by atoms with Gasteiger partial charge in [0, 0.05) is 30.1 Å². The number of nitrogens with zero attached hydrogens (tertiary/aromatic N) is 4. The van der Waals surface area contributed by atoms with Gasteiger partial charge in [0.25, 0.3) is 5.69 Å². The summed E-state index contributed by atoms with van der Waals surface area (Å²) in [4.78, 5) is 46.2. The van der Waals surface area contributed by atoms with Gasteiger partial charge < -0.3 is 23.9 Å². The van der Waals surface area contributed by atoms with E-state index in [9.17, 15) is 19.7 Å². The lowest BCUT2D eigenvalue weighted by molar-refractivity contribution is -0.384. The highest BCUT2D eigenvalue weighted by atomic mass is 16.6. The zero-order chi connectivity index (χ0) is 24.0. The fourth-order valence-electron chi connectivity index (χ4n) is 2.98. The zero-order valence-electron chi connectivity index (χ0n) is 18.0. The Hall–Kier alpha value is -4.32. The molecule has 0 bridgehead atoms. The van der Waals surface area contributed by atoms with Crippen LogP contribution in [-0.4, -0.2) is 55.1 Å². The van der Waals surface area contributed by atoms with Gasteiger partial charge >= 0.3 is 11.9 Å². The average molecular weight is 456 g/mol. The van der Waals surface area contributed by atoms with Gasteiger partial charge in [0.2, 0.25) is 0 Å². The second-order valence-electron chi connectivity index (χ2n) is 6.67. The number of oxime groups is 1. The molecule has 3 rings (SSSR count). The van der Waals surface area contributed by atoms with Crippen LogP contribution in [0.4, 0.5) is 11.4 Å². The number of hydrogen-bond donors (Lipinski definition) is 0. The molecule has 0 amide bonds. The monoisotopic (exact) mass is 456 g/mol. The van der Waals surface area contributed by atoms with Crippen molar-refractivity contribution in [3.8, 4) is 5.75 Å². The van der Waals surface area contributed by atoms with E-state index in [0.29, 0.717) is 11.3 Å². The minimum absolute atomic E-state index is 0.0249. The molecule has 12 nitrogen and oxygen atoms in total. The first kappa shape index (κ1) is 23.3. The fourth-order valence-corrected chi connectivity index (χ4v) is 2.98. The summed E-state index contributed by atoms with van der Waals surface area (Å²) in [6.07, 6.45) is 3.20. The number of carbonyl (C=O) groups is 2. The van der Waals surface area contributed by atoms with Crippen molar-refractivity contribution in [2.24, 2.45) is 5.16 Å². The minimum Gasteiger partial charge on any atom is -0.466 e. The summed E-state index contributed by atoms with van der Waals surface area (Å²) in [5.74, 6) is -1.60. The summed E-state index contributed by atoms with van der Waals surface area (Å²) in [5.41, 5.74) is 0.764. The van der Waals surface area contributed by atoms with Crippen LogP contribution in [0, 0.1) is 10.1 Å². The van der Waals surface area contributed by atoms with Crippen LogP contribution in [0.3, 0.4) is 0 Å². The molecule has 0 N–H and O–H groups in total. The highest BCUT2D eigenvalue weighted by Crippen LogP contribution is 2.33. The highest BCUT2D eigenvalue weighted by molar-refractivity contribution is 6.03. The van der Waals surface area contributed by atoms with Crippen molar-refractivity contribution in [1.29, 1.82) is 0 Å². The van der Waals surface area contributed by atoms with Crippen LogP contribution in [0.2, 0.25) is 0 Å². The number of benzene rings is 1. The number of nitro benzene ring substituents is 1. The van der Waals surface area contributed by atoms with Crippen molar-refractivity contribution in [1.82, 2.24) is 4.98 Å². The number of rotatable bonds is 7. The molecule has 0 atom stereocenters. The van der Waals surface area contributed by atoms with Crippen molar-refractivity contribution in [3.63, 3.8) is 0 Å². The molecule has 0 spiro atoms. The van der Waals surface area contributed by atoms with Crippen LogP contribution in [-0.2, 0) is 23.8 Å². The van der Waals surface area contributed by atoms with E-state index in [2.05, 4.69) is 10.1 Å². The third kappa shape index (κ3) is 5.30. The van der Waals surface area contributed by atoms with E-state index >= 15 is 0 Å². The third-order valence-corrected chi connectivity index (χ3v) is 4.60. The Morgan fingerprint density at radius 3 is 2.61 bits per heavy atom. The Balaban J connectivity index is 2.05. The largest absolute Gasteiger partial charge is 0.466 e. The number of methoxy groups -OCH3 is 2. The first-order valence-electron chi connectivity index (χ1n) is 9.52. The standard InChI is InChI=1S/C21H20N4O8/c1-13(14-5-4-6-22-10-14)23-33-17-8-15(7-16(9-17)25(28)29)24-12-32-11-18(20(26)30-2)19(24)21(27)31-3/h4-10H,11-12H2,1-3H3. The molecular formula is C21H20N4O8. The number of nitro groups is 1. The molecule has 0 unspecified atom stereocenters. The average Bonchev–Trinajstić information content (AvgIpc) is 2.86. The van der Waals surface area contributed by atoms with Crippen LogP contribution in [0.25, 0.3) is 0 Å². The van der Waals surface area contributed by atoms with Gasteiger partial charge in [0.15, 0.2) is 5.75 Å². The maximum absolute atomic E-state index is 12.5. The quantitative estimate of drug-likeness (QED) is 0.263. The summed E-state index contributed by atoms with van der Waals surface area (Å²) in [5, 5.41) is 15.5. The molecule has 1 aromatic carbocycles. The molecule has 1 aliphatic rings. The molecule has 2 aromatic rings. The molecule has 1 aromatic heterocycles. The number of ether oxygens (including phenoxy) is 3. The summed E-state index contributed by atoms with van der Waals surface area (Å²) < 4.78 is 14.9. The molecule has 0 radical (unpaired) electrons. The van der Waals surface area contributed by atoms with Gasteiger partial charge in [0.05, 0.1) is 48.8 Å². The van der Waals surface area contributed by atoms with Crippen molar-refractivity contribution in [2.75, 3.05) is 32.5 Å². The zero-order valence-corrected chi connectivity index (χ0v) is 18.0. The van der Waals surface area contributed by atoms with Crippen LogP contribution in [0.5, 0.6) is 5.75 Å². The van der Waals surface area contributed by atoms with Crippen LogP contribution >= 0.6 is 0 Å². The van der Waals surface area contributed by atoms with E-state index in [1.54, 1.807) is 31.5 Å². The lowest BCUT2D eigenvalue weighted by Gasteiger charge is -2.31. The predicted molar refractivity (Wildman–Crippen MR) is 115 cm³/mol. The molecule has 12 heteroatoms. The first-order chi connectivity index (χ1) is 15.8. The minimum atomic E-state index is -0.835. The van der Waals surface area contributed by atoms with E-state index in [-0.39, 0.29) is 41.7 Å². The molecule has 2 heterocycles. The fraction of sp³-hybridized carbons (Fsp3) is 0.238.